The molecule has 1 atom stereocenters. The third kappa shape index (κ3) is 4.50. The van der Waals surface area contributed by atoms with Gasteiger partial charge in [0.25, 0.3) is 11.7 Å². The van der Waals surface area contributed by atoms with Gasteiger partial charge in [0.15, 0.2) is 0 Å². The normalized spacial score (nSPS) is 16.8. The molecule has 0 aromatic heterocycles. The van der Waals surface area contributed by atoms with Gasteiger partial charge in [-0.1, -0.05) is 41.4 Å². The Morgan fingerprint density at radius 2 is 1.69 bits per heavy atom. The first-order valence-corrected chi connectivity index (χ1v) is 11.7. The molecule has 1 aliphatic heterocycles. The van der Waals surface area contributed by atoms with Gasteiger partial charge in [-0.15, -0.1) is 0 Å². The monoisotopic (exact) mass is 507 g/mol. The SMILES string of the molecule is CCOc1ccc(N2C(=O)C(=O)/C(=C(/O)c3cc(OC)c(Cl)cc3OC)C2c2cccc(C)c2)cc1. The van der Waals surface area contributed by atoms with Crippen LogP contribution in [-0.2, 0) is 9.59 Å². The van der Waals surface area contributed by atoms with Crippen LogP contribution in [0, 0.1) is 6.92 Å². The number of methoxy groups -OCH3 is 2. The average molecular weight is 508 g/mol. The van der Waals surface area contributed by atoms with Gasteiger partial charge >= 0.3 is 0 Å². The lowest BCUT2D eigenvalue weighted by atomic mass is 9.94. The third-order valence-electron chi connectivity index (χ3n) is 5.96. The molecule has 3 aromatic rings. The van der Waals surface area contributed by atoms with Gasteiger partial charge in [-0.3, -0.25) is 14.5 Å². The number of ketones is 1. The van der Waals surface area contributed by atoms with Gasteiger partial charge in [0, 0.05) is 11.8 Å². The first-order valence-electron chi connectivity index (χ1n) is 11.3. The van der Waals surface area contributed by atoms with Crippen molar-refractivity contribution in [1.29, 1.82) is 0 Å². The maximum absolute atomic E-state index is 13.4. The number of nitrogens with zero attached hydrogens (tertiary/aromatic N) is 1. The highest BCUT2D eigenvalue weighted by Crippen LogP contribution is 2.45. The van der Waals surface area contributed by atoms with E-state index in [4.69, 9.17) is 25.8 Å². The third-order valence-corrected chi connectivity index (χ3v) is 6.25. The summed E-state index contributed by atoms with van der Waals surface area (Å²) in [5, 5.41) is 11.8. The molecular weight excluding hydrogens is 482 g/mol. The van der Waals surface area contributed by atoms with Gasteiger partial charge in [-0.05, 0) is 49.7 Å². The van der Waals surface area contributed by atoms with E-state index in [0.717, 1.165) is 5.56 Å². The van der Waals surface area contributed by atoms with Gasteiger partial charge in [0.2, 0.25) is 0 Å². The van der Waals surface area contributed by atoms with E-state index in [0.29, 0.717) is 23.6 Å². The van der Waals surface area contributed by atoms with E-state index in [2.05, 4.69) is 0 Å². The van der Waals surface area contributed by atoms with E-state index in [-0.39, 0.29) is 33.4 Å². The van der Waals surface area contributed by atoms with E-state index >= 15 is 0 Å². The lowest BCUT2D eigenvalue weighted by Crippen LogP contribution is -2.29. The second-order valence-corrected chi connectivity index (χ2v) is 8.60. The summed E-state index contributed by atoms with van der Waals surface area (Å²) in [5.74, 6) is -0.806. The van der Waals surface area contributed by atoms with Gasteiger partial charge in [0.1, 0.15) is 23.0 Å². The number of amides is 1. The lowest BCUT2D eigenvalue weighted by Gasteiger charge is -2.26. The van der Waals surface area contributed by atoms with Gasteiger partial charge in [-0.25, -0.2) is 0 Å². The van der Waals surface area contributed by atoms with Crippen molar-refractivity contribution in [3.63, 3.8) is 0 Å². The maximum Gasteiger partial charge on any atom is 0.300 e. The Bertz CT molecular complexity index is 1350. The molecule has 0 saturated carbocycles. The van der Waals surface area contributed by atoms with Crippen LogP contribution in [0.2, 0.25) is 5.02 Å². The average Bonchev–Trinajstić information content (AvgIpc) is 3.14. The summed E-state index contributed by atoms with van der Waals surface area (Å²) in [6.45, 7) is 4.30. The Balaban J connectivity index is 1.96. The summed E-state index contributed by atoms with van der Waals surface area (Å²) in [7, 11) is 2.86. The molecule has 7 nitrogen and oxygen atoms in total. The minimum Gasteiger partial charge on any atom is -0.507 e. The van der Waals surface area contributed by atoms with Crippen molar-refractivity contribution in [2.24, 2.45) is 0 Å². The molecule has 1 fully saturated rings. The quantitative estimate of drug-likeness (QED) is 0.251. The minimum absolute atomic E-state index is 0.0674. The number of anilines is 1. The van der Waals surface area contributed by atoms with Gasteiger partial charge in [0.05, 0.1) is 43.0 Å². The molecule has 1 heterocycles. The van der Waals surface area contributed by atoms with Crippen molar-refractivity contribution in [3.05, 3.63) is 87.9 Å². The second-order valence-electron chi connectivity index (χ2n) is 8.20. The van der Waals surface area contributed by atoms with Gasteiger partial charge < -0.3 is 19.3 Å². The van der Waals surface area contributed by atoms with Crippen molar-refractivity contribution >= 4 is 34.7 Å². The Labute approximate surface area is 214 Å². The number of halogens is 1. The number of benzene rings is 3. The molecule has 1 amide bonds. The molecule has 0 spiro atoms. The van der Waals surface area contributed by atoms with Gasteiger partial charge in [-0.2, -0.15) is 0 Å². The summed E-state index contributed by atoms with van der Waals surface area (Å²) in [5.41, 5.74) is 2.22. The number of aliphatic hydroxyl groups is 1. The number of hydrogen-bond donors (Lipinski definition) is 1. The maximum atomic E-state index is 13.4. The van der Waals surface area contributed by atoms with Crippen LogP contribution in [0.1, 0.15) is 29.7 Å². The summed E-state index contributed by atoms with van der Waals surface area (Å²) >= 11 is 6.23. The molecule has 1 unspecified atom stereocenters. The summed E-state index contributed by atoms with van der Waals surface area (Å²) < 4.78 is 16.2. The van der Waals surface area contributed by atoms with Crippen molar-refractivity contribution in [2.75, 3.05) is 25.7 Å². The molecular formula is C28H26ClNO6. The number of aryl methyl sites for hydroxylation is 1. The van der Waals surface area contributed by atoms with Crippen LogP contribution in [0.3, 0.4) is 0 Å². The number of ether oxygens (including phenoxy) is 3. The van der Waals surface area contributed by atoms with E-state index in [9.17, 15) is 14.7 Å². The van der Waals surface area contributed by atoms with Crippen LogP contribution in [0.15, 0.2) is 66.2 Å². The Hall–Kier alpha value is -3.97. The number of rotatable bonds is 7. The lowest BCUT2D eigenvalue weighted by molar-refractivity contribution is -0.132. The molecule has 8 heteroatoms. The fourth-order valence-electron chi connectivity index (χ4n) is 4.31. The van der Waals surface area contributed by atoms with E-state index in [1.54, 1.807) is 24.3 Å². The molecule has 0 bridgehead atoms. The predicted octanol–water partition coefficient (Wildman–Crippen LogP) is 5.69. The van der Waals surface area contributed by atoms with Crippen molar-refractivity contribution < 1.29 is 28.9 Å². The summed E-state index contributed by atoms with van der Waals surface area (Å²) in [6.07, 6.45) is 0. The van der Waals surface area contributed by atoms with Crippen LogP contribution in [0.4, 0.5) is 5.69 Å². The van der Waals surface area contributed by atoms with Crippen molar-refractivity contribution in [2.45, 2.75) is 19.9 Å². The van der Waals surface area contributed by atoms with E-state index in [1.165, 1.54) is 31.3 Å². The standard InChI is InChI=1S/C28H26ClNO6/c1-5-36-19-11-9-18(10-12-19)30-25(17-8-6-7-16(2)13-17)24(27(32)28(30)33)26(31)20-14-23(35-4)21(29)15-22(20)34-3/h6-15,25,31H,5H2,1-4H3/b26-24+. The number of Topliss-reactive ketones (excluding diaryl/α,β-unsaturated/α-hetero) is 1. The van der Waals surface area contributed by atoms with Crippen LogP contribution < -0.4 is 19.1 Å². The van der Waals surface area contributed by atoms with E-state index in [1.807, 2.05) is 38.1 Å². The number of hydrogen-bond acceptors (Lipinski definition) is 6. The molecule has 1 N–H and O–H groups in total. The molecule has 1 saturated heterocycles. The van der Waals surface area contributed by atoms with Crippen LogP contribution in [-0.4, -0.2) is 37.6 Å². The fourth-order valence-corrected chi connectivity index (χ4v) is 4.55. The Morgan fingerprint density at radius 3 is 2.31 bits per heavy atom. The molecule has 36 heavy (non-hydrogen) atoms. The predicted molar refractivity (Wildman–Crippen MR) is 138 cm³/mol. The first kappa shape index (κ1) is 25.1. The zero-order chi connectivity index (χ0) is 26.0. The highest BCUT2D eigenvalue weighted by molar-refractivity contribution is 6.51. The first-order chi connectivity index (χ1) is 17.3. The van der Waals surface area contributed by atoms with Crippen LogP contribution >= 0.6 is 11.6 Å². The Kier molecular flexibility index (Phi) is 7.22. The minimum atomic E-state index is -0.880. The molecule has 1 aliphatic rings. The summed E-state index contributed by atoms with van der Waals surface area (Å²) in [6, 6.07) is 16.4. The Morgan fingerprint density at radius 1 is 1.00 bits per heavy atom. The van der Waals surface area contributed by atoms with Crippen LogP contribution in [0.25, 0.3) is 5.76 Å². The zero-order valence-electron chi connectivity index (χ0n) is 20.4. The van der Waals surface area contributed by atoms with Crippen molar-refractivity contribution in [3.8, 4) is 17.2 Å². The molecule has 3 aromatic carbocycles. The molecule has 4 rings (SSSR count). The molecule has 186 valence electrons. The smallest absolute Gasteiger partial charge is 0.300 e. The second kappa shape index (κ2) is 10.3. The molecule has 0 aliphatic carbocycles. The largest absolute Gasteiger partial charge is 0.507 e. The van der Waals surface area contributed by atoms with Crippen molar-refractivity contribution in [1.82, 2.24) is 0 Å². The topological polar surface area (TPSA) is 85.3 Å². The zero-order valence-corrected chi connectivity index (χ0v) is 21.1. The molecule has 0 radical (unpaired) electrons. The highest BCUT2D eigenvalue weighted by atomic mass is 35.5. The van der Waals surface area contributed by atoms with Crippen LogP contribution in [0.5, 0.6) is 17.2 Å². The number of carbonyl (C=O) groups excluding carboxylic acids is 2. The summed E-state index contributed by atoms with van der Waals surface area (Å²) in [4.78, 5) is 28.2. The fraction of sp³-hybridized carbons (Fsp3) is 0.214. The highest BCUT2D eigenvalue weighted by Gasteiger charge is 2.47. The number of aliphatic hydroxyl groups excluding tert-OH is 1. The number of carbonyl (C=O) groups is 2. The van der Waals surface area contributed by atoms with E-state index < -0.39 is 17.7 Å².